The van der Waals surface area contributed by atoms with Gasteiger partial charge in [0.2, 0.25) is 0 Å². The normalized spacial score (nSPS) is 11.2. The predicted molar refractivity (Wildman–Crippen MR) is 114 cm³/mol. The fourth-order valence-corrected chi connectivity index (χ4v) is 3.69. The van der Waals surface area contributed by atoms with E-state index in [1.165, 1.54) is 49.6 Å². The van der Waals surface area contributed by atoms with Gasteiger partial charge in [-0.05, 0) is 54.5 Å². The summed E-state index contributed by atoms with van der Waals surface area (Å²) >= 11 is 0. The van der Waals surface area contributed by atoms with Crippen LogP contribution in [0.2, 0.25) is 0 Å². The Hall–Kier alpha value is -4.24. The van der Waals surface area contributed by atoms with Crippen molar-refractivity contribution in [1.82, 2.24) is 4.98 Å². The molecule has 0 unspecified atom stereocenters. The number of pyridine rings is 1. The summed E-state index contributed by atoms with van der Waals surface area (Å²) in [6, 6.07) is 12.6. The second-order valence-corrected chi connectivity index (χ2v) is 8.14. The van der Waals surface area contributed by atoms with E-state index in [0.717, 1.165) is 18.2 Å². The largest absolute Gasteiger partial charge is 0.573 e. The lowest BCUT2D eigenvalue weighted by atomic mass is 10.2. The van der Waals surface area contributed by atoms with E-state index in [2.05, 4.69) is 26.3 Å². The van der Waals surface area contributed by atoms with Gasteiger partial charge in [0.15, 0.2) is 5.03 Å². The molecule has 3 aromatic rings. The minimum atomic E-state index is -4.85. The number of hydrogen-bond donors (Lipinski definition) is 2. The van der Waals surface area contributed by atoms with Crippen LogP contribution in [-0.4, -0.2) is 37.9 Å². The highest BCUT2D eigenvalue weighted by Crippen LogP contribution is 2.28. The van der Waals surface area contributed by atoms with Crippen molar-refractivity contribution in [3.63, 3.8) is 0 Å². The fraction of sp³-hybridized carbons (Fsp3) is 0.0909. The van der Waals surface area contributed by atoms with Gasteiger partial charge >= 0.3 is 12.3 Å². The van der Waals surface area contributed by atoms with Crippen LogP contribution in [0.1, 0.15) is 21.6 Å². The minimum Gasteiger partial charge on any atom is -0.495 e. The van der Waals surface area contributed by atoms with Gasteiger partial charge in [-0.2, -0.15) is 8.42 Å². The maximum Gasteiger partial charge on any atom is 0.573 e. The van der Waals surface area contributed by atoms with Gasteiger partial charge in [-0.25, -0.2) is 9.78 Å². The molecule has 0 saturated heterocycles. The molecule has 0 radical (unpaired) electrons. The van der Waals surface area contributed by atoms with E-state index in [-0.39, 0.29) is 28.3 Å². The number of halogens is 3. The molecule has 1 heterocycles. The highest BCUT2D eigenvalue weighted by Gasteiger charge is 2.31. The Morgan fingerprint density at radius 3 is 2.47 bits per heavy atom. The Balaban J connectivity index is 1.85. The van der Waals surface area contributed by atoms with Crippen molar-refractivity contribution in [3.05, 3.63) is 77.5 Å². The second kappa shape index (κ2) is 9.72. The standard InChI is InChI=1S/C22H15F3N2O6S/c1-32-19-13-15(21(28)29)9-11-18(19)27-34(30,31)20-7-3-5-16(26-20)10-8-14-4-2-6-17(12-14)33-22(23,24)25/h2-7,9,11-13,27H,1H3,(H,28,29). The SMILES string of the molecule is COc1cc(C(=O)O)ccc1NS(=O)(=O)c1cccc(C#Cc2cccc(OC(F)(F)F)c2)n1. The van der Waals surface area contributed by atoms with Crippen molar-refractivity contribution in [2.24, 2.45) is 0 Å². The first-order valence-corrected chi connectivity index (χ1v) is 10.7. The number of alkyl halides is 3. The van der Waals surface area contributed by atoms with Crippen LogP contribution in [0.25, 0.3) is 0 Å². The lowest BCUT2D eigenvalue weighted by Crippen LogP contribution is -2.17. The number of hydrogen-bond acceptors (Lipinski definition) is 6. The second-order valence-electron chi connectivity index (χ2n) is 6.51. The molecule has 2 N–H and O–H groups in total. The van der Waals surface area contributed by atoms with Gasteiger partial charge < -0.3 is 14.6 Å². The molecule has 34 heavy (non-hydrogen) atoms. The predicted octanol–water partition coefficient (Wildman–Crippen LogP) is 3.89. The van der Waals surface area contributed by atoms with E-state index in [0.29, 0.717) is 0 Å². The molecule has 0 aliphatic heterocycles. The number of nitrogens with zero attached hydrogens (tertiary/aromatic N) is 1. The van der Waals surface area contributed by atoms with Gasteiger partial charge in [0.05, 0.1) is 18.4 Å². The molecule has 3 rings (SSSR count). The number of aromatic nitrogens is 1. The maximum absolute atomic E-state index is 12.8. The number of nitrogens with one attached hydrogen (secondary N) is 1. The summed E-state index contributed by atoms with van der Waals surface area (Å²) < 4.78 is 73.8. The summed E-state index contributed by atoms with van der Waals surface area (Å²) in [5, 5.41) is 8.67. The molecule has 0 aliphatic rings. The van der Waals surface area contributed by atoms with E-state index < -0.39 is 33.1 Å². The third-order valence-corrected chi connectivity index (χ3v) is 5.36. The third kappa shape index (κ3) is 6.39. The van der Waals surface area contributed by atoms with Crippen LogP contribution < -0.4 is 14.2 Å². The molecule has 12 heteroatoms. The molecular formula is C22H15F3N2O6S. The number of carboxylic acid groups (broad SMARTS) is 1. The van der Waals surface area contributed by atoms with Crippen molar-refractivity contribution >= 4 is 21.7 Å². The Morgan fingerprint density at radius 2 is 1.79 bits per heavy atom. The van der Waals surface area contributed by atoms with Crippen LogP contribution in [0, 0.1) is 11.8 Å². The van der Waals surface area contributed by atoms with Crippen molar-refractivity contribution in [3.8, 4) is 23.3 Å². The zero-order valence-corrected chi connectivity index (χ0v) is 18.1. The third-order valence-electron chi connectivity index (χ3n) is 4.09. The summed E-state index contributed by atoms with van der Waals surface area (Å²) in [5.74, 6) is 3.52. The maximum atomic E-state index is 12.8. The summed E-state index contributed by atoms with van der Waals surface area (Å²) in [7, 11) is -2.96. The number of ether oxygens (including phenoxy) is 2. The smallest absolute Gasteiger partial charge is 0.495 e. The molecule has 0 atom stereocenters. The number of rotatable bonds is 6. The van der Waals surface area contributed by atoms with E-state index in [4.69, 9.17) is 9.84 Å². The highest BCUT2D eigenvalue weighted by atomic mass is 32.2. The highest BCUT2D eigenvalue weighted by molar-refractivity contribution is 7.92. The Labute approximate surface area is 192 Å². The van der Waals surface area contributed by atoms with E-state index in [1.54, 1.807) is 0 Å². The monoisotopic (exact) mass is 492 g/mol. The number of methoxy groups -OCH3 is 1. The molecule has 0 fully saturated rings. The fourth-order valence-electron chi connectivity index (χ4n) is 2.65. The van der Waals surface area contributed by atoms with Crippen LogP contribution in [0.3, 0.4) is 0 Å². The van der Waals surface area contributed by atoms with Gasteiger partial charge in [0.1, 0.15) is 17.2 Å². The molecule has 176 valence electrons. The number of carbonyl (C=O) groups is 1. The topological polar surface area (TPSA) is 115 Å². The zero-order valence-electron chi connectivity index (χ0n) is 17.3. The summed E-state index contributed by atoms with van der Waals surface area (Å²) in [5.41, 5.74) is 0.128. The Kier molecular flexibility index (Phi) is 6.97. The van der Waals surface area contributed by atoms with Crippen molar-refractivity contribution < 1.29 is 41.0 Å². The van der Waals surface area contributed by atoms with E-state index in [1.807, 2.05) is 0 Å². The molecule has 1 aromatic heterocycles. The molecule has 8 nitrogen and oxygen atoms in total. The molecule has 0 aliphatic carbocycles. The first-order valence-electron chi connectivity index (χ1n) is 9.26. The first-order chi connectivity index (χ1) is 16.0. The van der Waals surface area contributed by atoms with Crippen molar-refractivity contribution in [2.75, 3.05) is 11.8 Å². The average Bonchev–Trinajstić information content (AvgIpc) is 2.77. The Bertz CT molecular complexity index is 1400. The number of aromatic carboxylic acids is 1. The van der Waals surface area contributed by atoms with Gasteiger partial charge in [-0.15, -0.1) is 13.2 Å². The number of anilines is 1. The quantitative estimate of drug-likeness (QED) is 0.502. The summed E-state index contributed by atoms with van der Waals surface area (Å²) in [4.78, 5) is 15.1. The first kappa shape index (κ1) is 24.4. The van der Waals surface area contributed by atoms with Gasteiger partial charge in [0.25, 0.3) is 10.0 Å². The van der Waals surface area contributed by atoms with Gasteiger partial charge in [0, 0.05) is 5.56 Å². The number of sulfonamides is 1. The average molecular weight is 492 g/mol. The molecule has 0 amide bonds. The van der Waals surface area contributed by atoms with Crippen LogP contribution in [0.15, 0.2) is 65.7 Å². The zero-order chi connectivity index (χ0) is 24.9. The van der Waals surface area contributed by atoms with Gasteiger partial charge in [-0.3, -0.25) is 4.72 Å². The van der Waals surface area contributed by atoms with Crippen molar-refractivity contribution in [1.29, 1.82) is 0 Å². The van der Waals surface area contributed by atoms with Crippen LogP contribution in [-0.2, 0) is 10.0 Å². The van der Waals surface area contributed by atoms with Crippen LogP contribution in [0.5, 0.6) is 11.5 Å². The molecule has 0 spiro atoms. The molecule has 2 aromatic carbocycles. The number of benzene rings is 2. The van der Waals surface area contributed by atoms with Gasteiger partial charge in [-0.1, -0.05) is 18.1 Å². The van der Waals surface area contributed by atoms with Crippen molar-refractivity contribution in [2.45, 2.75) is 11.4 Å². The molecular weight excluding hydrogens is 477 g/mol. The Morgan fingerprint density at radius 1 is 1.06 bits per heavy atom. The lowest BCUT2D eigenvalue weighted by Gasteiger charge is -2.12. The molecule has 0 saturated carbocycles. The summed E-state index contributed by atoms with van der Waals surface area (Å²) in [6.45, 7) is 0. The van der Waals surface area contributed by atoms with E-state index >= 15 is 0 Å². The molecule has 0 bridgehead atoms. The van der Waals surface area contributed by atoms with E-state index in [9.17, 15) is 26.4 Å². The summed E-state index contributed by atoms with van der Waals surface area (Å²) in [6.07, 6.45) is -4.85. The number of carboxylic acids is 1. The van der Waals surface area contributed by atoms with Crippen LogP contribution >= 0.6 is 0 Å². The minimum absolute atomic E-state index is 0.00716. The van der Waals surface area contributed by atoms with Crippen LogP contribution in [0.4, 0.5) is 18.9 Å². The lowest BCUT2D eigenvalue weighted by molar-refractivity contribution is -0.274.